The van der Waals surface area contributed by atoms with Gasteiger partial charge >= 0.3 is 12.0 Å². The Bertz CT molecular complexity index is 490. The normalized spacial score (nSPS) is 11.3. The van der Waals surface area contributed by atoms with Crippen molar-refractivity contribution in [2.75, 3.05) is 13.1 Å². The first-order chi connectivity index (χ1) is 10.0. The maximum Gasteiger partial charge on any atom is 0.326 e. The number of nitrogens with one attached hydrogen (secondary N) is 3. The highest BCUT2D eigenvalue weighted by Gasteiger charge is 2.20. The molecule has 0 radical (unpaired) electrons. The lowest BCUT2D eigenvalue weighted by Gasteiger charge is -2.15. The zero-order valence-corrected chi connectivity index (χ0v) is 11.8. The Hall–Kier alpha value is -2.57. The molecular formula is C14H19N3O4. The van der Waals surface area contributed by atoms with Gasteiger partial charge in [-0.1, -0.05) is 30.3 Å². The molecular weight excluding hydrogens is 274 g/mol. The molecule has 7 heteroatoms. The molecule has 7 nitrogen and oxygen atoms in total. The van der Waals surface area contributed by atoms with Crippen LogP contribution in [0.15, 0.2) is 30.3 Å². The van der Waals surface area contributed by atoms with Crippen LogP contribution in [0.4, 0.5) is 4.79 Å². The average molecular weight is 293 g/mol. The minimum Gasteiger partial charge on any atom is -0.480 e. The lowest BCUT2D eigenvalue weighted by molar-refractivity contribution is -0.139. The highest BCUT2D eigenvalue weighted by Crippen LogP contribution is 2.03. The molecule has 1 aromatic rings. The molecule has 0 aliphatic heterocycles. The molecule has 0 unspecified atom stereocenters. The van der Waals surface area contributed by atoms with Gasteiger partial charge in [0.15, 0.2) is 0 Å². The summed E-state index contributed by atoms with van der Waals surface area (Å²) in [5, 5.41) is 16.3. The summed E-state index contributed by atoms with van der Waals surface area (Å²) in [5.74, 6) is -1.46. The van der Waals surface area contributed by atoms with Crippen LogP contribution in [0.1, 0.15) is 12.5 Å². The second kappa shape index (κ2) is 8.57. The molecule has 0 spiro atoms. The largest absolute Gasteiger partial charge is 0.480 e. The van der Waals surface area contributed by atoms with E-state index >= 15 is 0 Å². The van der Waals surface area contributed by atoms with Gasteiger partial charge in [0.1, 0.15) is 6.04 Å². The molecule has 0 saturated heterocycles. The van der Waals surface area contributed by atoms with Gasteiger partial charge in [0, 0.05) is 13.0 Å². The first-order valence-electron chi connectivity index (χ1n) is 6.60. The maximum absolute atomic E-state index is 11.6. The van der Waals surface area contributed by atoms with Gasteiger partial charge in [-0.25, -0.2) is 9.59 Å². The van der Waals surface area contributed by atoms with E-state index in [1.165, 1.54) is 0 Å². The highest BCUT2D eigenvalue weighted by atomic mass is 16.4. The van der Waals surface area contributed by atoms with Crippen LogP contribution in [0.25, 0.3) is 0 Å². The van der Waals surface area contributed by atoms with Gasteiger partial charge in [-0.15, -0.1) is 0 Å². The van der Waals surface area contributed by atoms with Gasteiger partial charge in [-0.3, -0.25) is 4.79 Å². The zero-order chi connectivity index (χ0) is 15.7. The van der Waals surface area contributed by atoms with Crippen molar-refractivity contribution >= 4 is 17.9 Å². The summed E-state index contributed by atoms with van der Waals surface area (Å²) in [7, 11) is 0. The molecule has 4 N–H and O–H groups in total. The molecule has 0 heterocycles. The number of amides is 3. The fourth-order valence-corrected chi connectivity index (χ4v) is 1.68. The van der Waals surface area contributed by atoms with E-state index < -0.39 is 18.0 Å². The quantitative estimate of drug-likeness (QED) is 0.572. The van der Waals surface area contributed by atoms with E-state index in [9.17, 15) is 14.4 Å². The lowest BCUT2D eigenvalue weighted by atomic mass is 10.1. The number of rotatable bonds is 7. The number of benzene rings is 1. The number of likely N-dealkylation sites (N-methyl/N-ethyl adjacent to an activating group) is 1. The summed E-state index contributed by atoms with van der Waals surface area (Å²) >= 11 is 0. The van der Waals surface area contributed by atoms with E-state index in [0.29, 0.717) is 6.54 Å². The van der Waals surface area contributed by atoms with E-state index in [1.807, 2.05) is 6.07 Å². The first kappa shape index (κ1) is 16.5. The smallest absolute Gasteiger partial charge is 0.326 e. The van der Waals surface area contributed by atoms with E-state index in [4.69, 9.17) is 5.11 Å². The van der Waals surface area contributed by atoms with E-state index in [1.54, 1.807) is 31.2 Å². The van der Waals surface area contributed by atoms with Crippen molar-refractivity contribution in [2.45, 2.75) is 19.4 Å². The summed E-state index contributed by atoms with van der Waals surface area (Å²) in [6, 6.07) is 7.23. The minimum absolute atomic E-state index is 0.171. The number of carboxylic acids is 1. The molecule has 1 atom stereocenters. The van der Waals surface area contributed by atoms with Crippen molar-refractivity contribution in [1.82, 2.24) is 16.0 Å². The fraction of sp³-hybridized carbons (Fsp3) is 0.357. The summed E-state index contributed by atoms with van der Waals surface area (Å²) in [4.78, 5) is 33.9. The SMILES string of the molecule is CCNC(=O)CNC(=O)N[C@@H](Cc1ccccc1)C(=O)O. The predicted octanol–water partition coefficient (Wildman–Crippen LogP) is 0.118. The summed E-state index contributed by atoms with van der Waals surface area (Å²) < 4.78 is 0. The van der Waals surface area contributed by atoms with Crippen molar-refractivity contribution in [2.24, 2.45) is 0 Å². The Balaban J connectivity index is 2.49. The molecule has 0 bridgehead atoms. The van der Waals surface area contributed by atoms with Crippen LogP contribution in [-0.2, 0) is 16.0 Å². The number of carbonyl (C=O) groups excluding carboxylic acids is 2. The molecule has 1 aromatic carbocycles. The predicted molar refractivity (Wildman–Crippen MR) is 76.8 cm³/mol. The Labute approximate surface area is 122 Å². The van der Waals surface area contributed by atoms with Gasteiger partial charge in [0.05, 0.1) is 6.54 Å². The fourth-order valence-electron chi connectivity index (χ4n) is 1.68. The van der Waals surface area contributed by atoms with Crippen LogP contribution in [0.3, 0.4) is 0 Å². The Kier molecular flexibility index (Phi) is 6.73. The van der Waals surface area contributed by atoms with Crippen molar-refractivity contribution in [1.29, 1.82) is 0 Å². The minimum atomic E-state index is -1.13. The second-order valence-corrected chi connectivity index (χ2v) is 4.36. The average Bonchev–Trinajstić information content (AvgIpc) is 2.46. The van der Waals surface area contributed by atoms with Gasteiger partial charge in [-0.2, -0.15) is 0 Å². The van der Waals surface area contributed by atoms with Gasteiger partial charge in [-0.05, 0) is 12.5 Å². The van der Waals surface area contributed by atoms with E-state index in [-0.39, 0.29) is 18.9 Å². The maximum atomic E-state index is 11.6. The monoisotopic (exact) mass is 293 g/mol. The molecule has 0 aromatic heterocycles. The van der Waals surface area contributed by atoms with Crippen LogP contribution in [0.2, 0.25) is 0 Å². The Morgan fingerprint density at radius 2 is 1.81 bits per heavy atom. The molecule has 0 aliphatic rings. The molecule has 1 rings (SSSR count). The van der Waals surface area contributed by atoms with Crippen LogP contribution >= 0.6 is 0 Å². The first-order valence-corrected chi connectivity index (χ1v) is 6.60. The topological polar surface area (TPSA) is 108 Å². The standard InChI is InChI=1S/C14H19N3O4/c1-2-15-12(18)9-16-14(21)17-11(13(19)20)8-10-6-4-3-5-7-10/h3-7,11H,2,8-9H2,1H3,(H,15,18)(H,19,20)(H2,16,17,21)/t11-/m0/s1. The third-order valence-electron chi connectivity index (χ3n) is 2.67. The van der Waals surface area contributed by atoms with Gasteiger partial charge < -0.3 is 21.1 Å². The lowest BCUT2D eigenvalue weighted by Crippen LogP contribution is -2.49. The summed E-state index contributed by atoms with van der Waals surface area (Å²) in [5.41, 5.74) is 0.800. The van der Waals surface area contributed by atoms with Crippen LogP contribution in [0.5, 0.6) is 0 Å². The molecule has 0 aliphatic carbocycles. The number of hydrogen-bond acceptors (Lipinski definition) is 3. The van der Waals surface area contributed by atoms with Crippen molar-refractivity contribution in [3.8, 4) is 0 Å². The van der Waals surface area contributed by atoms with Gasteiger partial charge in [0.25, 0.3) is 0 Å². The Morgan fingerprint density at radius 3 is 2.38 bits per heavy atom. The number of carbonyl (C=O) groups is 3. The highest BCUT2D eigenvalue weighted by molar-refractivity contribution is 5.86. The number of urea groups is 1. The summed E-state index contributed by atoms with van der Waals surface area (Å²) in [6.45, 7) is 2.03. The second-order valence-electron chi connectivity index (χ2n) is 4.36. The molecule has 0 fully saturated rings. The summed E-state index contributed by atoms with van der Waals surface area (Å²) in [6.07, 6.45) is 0.171. The van der Waals surface area contributed by atoms with Crippen LogP contribution in [0, 0.1) is 0 Å². The number of carboxylic acid groups (broad SMARTS) is 1. The zero-order valence-electron chi connectivity index (χ0n) is 11.8. The molecule has 21 heavy (non-hydrogen) atoms. The van der Waals surface area contributed by atoms with E-state index in [0.717, 1.165) is 5.56 Å². The third kappa shape index (κ3) is 6.42. The Morgan fingerprint density at radius 1 is 1.14 bits per heavy atom. The van der Waals surface area contributed by atoms with Crippen LogP contribution in [-0.4, -0.2) is 42.1 Å². The molecule has 0 saturated carbocycles. The third-order valence-corrected chi connectivity index (χ3v) is 2.67. The van der Waals surface area contributed by atoms with Crippen molar-refractivity contribution < 1.29 is 19.5 Å². The number of hydrogen-bond donors (Lipinski definition) is 4. The molecule has 114 valence electrons. The van der Waals surface area contributed by atoms with Crippen molar-refractivity contribution in [3.05, 3.63) is 35.9 Å². The molecule has 3 amide bonds. The van der Waals surface area contributed by atoms with Gasteiger partial charge in [0.2, 0.25) is 5.91 Å². The number of aliphatic carboxylic acids is 1. The van der Waals surface area contributed by atoms with Crippen molar-refractivity contribution in [3.63, 3.8) is 0 Å². The van der Waals surface area contributed by atoms with Crippen LogP contribution < -0.4 is 16.0 Å². The van der Waals surface area contributed by atoms with E-state index in [2.05, 4.69) is 16.0 Å².